The molecule has 1 rings (SSSR count). The highest BCUT2D eigenvalue weighted by molar-refractivity contribution is 5.89. The summed E-state index contributed by atoms with van der Waals surface area (Å²) in [7, 11) is 0. The highest BCUT2D eigenvalue weighted by Gasteiger charge is 2.15. The lowest BCUT2D eigenvalue weighted by atomic mass is 10.2. The van der Waals surface area contributed by atoms with Gasteiger partial charge in [-0.25, -0.2) is 18.0 Å². The van der Waals surface area contributed by atoms with Gasteiger partial charge in [0.2, 0.25) is 0 Å². The molecule has 8 heteroatoms. The Morgan fingerprint density at radius 1 is 1.30 bits per heavy atom. The Morgan fingerprint density at radius 2 is 1.95 bits per heavy atom. The van der Waals surface area contributed by atoms with Gasteiger partial charge in [-0.2, -0.15) is 0 Å². The highest BCUT2D eigenvalue weighted by atomic mass is 19.2. The van der Waals surface area contributed by atoms with Crippen LogP contribution in [-0.4, -0.2) is 23.1 Å². The molecule has 1 aromatic carbocycles. The Balaban J connectivity index is 2.60. The molecule has 0 saturated heterocycles. The first-order valence-electron chi connectivity index (χ1n) is 5.73. The number of carbonyl (C=O) groups is 2. The number of hydrogen-bond acceptors (Lipinski definition) is 2. The summed E-state index contributed by atoms with van der Waals surface area (Å²) in [5, 5.41) is 12.8. The Hall–Kier alpha value is -2.25. The zero-order valence-corrected chi connectivity index (χ0v) is 10.5. The molecule has 20 heavy (non-hydrogen) atoms. The number of urea groups is 1. The third-order valence-corrected chi connectivity index (χ3v) is 2.41. The maximum Gasteiger partial charge on any atom is 0.319 e. The molecular weight excluding hydrogens is 277 g/mol. The van der Waals surface area contributed by atoms with Gasteiger partial charge in [0, 0.05) is 24.6 Å². The van der Waals surface area contributed by atoms with Crippen LogP contribution in [0.3, 0.4) is 0 Å². The molecule has 0 bridgehead atoms. The first-order valence-corrected chi connectivity index (χ1v) is 5.73. The van der Waals surface area contributed by atoms with Gasteiger partial charge in [0.15, 0.2) is 11.6 Å². The zero-order valence-electron chi connectivity index (χ0n) is 10.5. The number of halogens is 3. The summed E-state index contributed by atoms with van der Waals surface area (Å²) in [5.74, 6) is -4.84. The van der Waals surface area contributed by atoms with Crippen LogP contribution in [0, 0.1) is 17.5 Å². The molecule has 0 aliphatic heterocycles. The number of carbonyl (C=O) groups excluding carboxylic acids is 1. The van der Waals surface area contributed by atoms with Crippen LogP contribution < -0.4 is 10.6 Å². The summed E-state index contributed by atoms with van der Waals surface area (Å²) in [6, 6.07) is -0.382. The second-order valence-corrected chi connectivity index (χ2v) is 4.18. The van der Waals surface area contributed by atoms with E-state index in [4.69, 9.17) is 5.11 Å². The predicted molar refractivity (Wildman–Crippen MR) is 64.8 cm³/mol. The molecule has 5 nitrogen and oxygen atoms in total. The van der Waals surface area contributed by atoms with Gasteiger partial charge < -0.3 is 15.7 Å². The Bertz CT molecular complexity index is 523. The minimum Gasteiger partial charge on any atom is -0.481 e. The number of hydrogen-bond donors (Lipinski definition) is 3. The normalized spacial score (nSPS) is 11.8. The van der Waals surface area contributed by atoms with Crippen molar-refractivity contribution in [3.05, 3.63) is 29.6 Å². The molecule has 0 aliphatic carbocycles. The molecule has 0 saturated carbocycles. The largest absolute Gasteiger partial charge is 0.481 e. The second-order valence-electron chi connectivity index (χ2n) is 4.18. The van der Waals surface area contributed by atoms with Crippen molar-refractivity contribution in [1.82, 2.24) is 5.32 Å². The third kappa shape index (κ3) is 4.79. The van der Waals surface area contributed by atoms with E-state index < -0.39 is 41.2 Å². The van der Waals surface area contributed by atoms with Crippen molar-refractivity contribution < 1.29 is 27.9 Å². The number of amides is 2. The average molecular weight is 290 g/mol. The Labute approximate surface area is 112 Å². The molecule has 2 amide bonds. The number of benzene rings is 1. The van der Waals surface area contributed by atoms with E-state index in [-0.39, 0.29) is 12.8 Å². The van der Waals surface area contributed by atoms with E-state index in [2.05, 4.69) is 5.32 Å². The van der Waals surface area contributed by atoms with Crippen LogP contribution in [0.1, 0.15) is 19.8 Å². The van der Waals surface area contributed by atoms with Crippen molar-refractivity contribution in [3.8, 4) is 0 Å². The van der Waals surface area contributed by atoms with Crippen LogP contribution in [0.25, 0.3) is 0 Å². The molecule has 1 aromatic rings. The molecule has 0 aromatic heterocycles. The van der Waals surface area contributed by atoms with E-state index in [0.717, 1.165) is 0 Å². The molecular formula is C12H13F3N2O3. The fraction of sp³-hybridized carbons (Fsp3) is 0.333. The van der Waals surface area contributed by atoms with Gasteiger partial charge in [-0.1, -0.05) is 0 Å². The molecule has 3 N–H and O–H groups in total. The van der Waals surface area contributed by atoms with Crippen LogP contribution in [0.5, 0.6) is 0 Å². The van der Waals surface area contributed by atoms with Gasteiger partial charge in [0.25, 0.3) is 0 Å². The van der Waals surface area contributed by atoms with Crippen molar-refractivity contribution in [3.63, 3.8) is 0 Å². The fourth-order valence-corrected chi connectivity index (χ4v) is 1.44. The third-order valence-electron chi connectivity index (χ3n) is 2.41. The number of carboxylic acids is 1. The van der Waals surface area contributed by atoms with Crippen LogP contribution in [-0.2, 0) is 4.79 Å². The molecule has 1 atom stereocenters. The number of aliphatic carboxylic acids is 1. The zero-order chi connectivity index (χ0) is 15.3. The van der Waals surface area contributed by atoms with Crippen LogP contribution >= 0.6 is 0 Å². The molecule has 0 aliphatic rings. The summed E-state index contributed by atoms with van der Waals surface area (Å²) in [5.41, 5.74) is -0.634. The van der Waals surface area contributed by atoms with E-state index in [9.17, 15) is 22.8 Å². The molecule has 0 radical (unpaired) electrons. The van der Waals surface area contributed by atoms with Gasteiger partial charge in [-0.05, 0) is 13.3 Å². The van der Waals surface area contributed by atoms with E-state index in [1.807, 2.05) is 5.32 Å². The summed E-state index contributed by atoms with van der Waals surface area (Å²) < 4.78 is 39.1. The smallest absolute Gasteiger partial charge is 0.319 e. The Morgan fingerprint density at radius 3 is 2.55 bits per heavy atom. The van der Waals surface area contributed by atoms with Gasteiger partial charge in [-0.3, -0.25) is 4.79 Å². The van der Waals surface area contributed by atoms with Crippen LogP contribution in [0.15, 0.2) is 12.1 Å². The lowest BCUT2D eigenvalue weighted by molar-refractivity contribution is -0.137. The monoisotopic (exact) mass is 290 g/mol. The summed E-state index contributed by atoms with van der Waals surface area (Å²) in [6.07, 6.45) is 0.0210. The average Bonchev–Trinajstić information content (AvgIpc) is 2.32. The van der Waals surface area contributed by atoms with E-state index in [0.29, 0.717) is 12.1 Å². The van der Waals surface area contributed by atoms with Crippen molar-refractivity contribution in [2.45, 2.75) is 25.8 Å². The lowest BCUT2D eigenvalue weighted by Gasteiger charge is -2.14. The standard InChI is InChI=1S/C12H13F3N2O3/c1-6(2-3-10(18)19)16-12(20)17-9-5-7(13)4-8(14)11(9)15/h4-6H,2-3H2,1H3,(H,18,19)(H2,16,17,20). The summed E-state index contributed by atoms with van der Waals surface area (Å²) in [6.45, 7) is 1.55. The van der Waals surface area contributed by atoms with Crippen LogP contribution in [0.4, 0.5) is 23.7 Å². The first-order chi connectivity index (χ1) is 9.29. The van der Waals surface area contributed by atoms with Gasteiger partial charge >= 0.3 is 12.0 Å². The predicted octanol–water partition coefficient (Wildman–Crippen LogP) is 2.48. The van der Waals surface area contributed by atoms with Crippen molar-refractivity contribution in [2.75, 3.05) is 5.32 Å². The quantitative estimate of drug-likeness (QED) is 0.729. The number of rotatable bonds is 5. The first kappa shape index (κ1) is 15.8. The number of carboxylic acid groups (broad SMARTS) is 1. The number of nitrogens with one attached hydrogen (secondary N) is 2. The highest BCUT2D eigenvalue weighted by Crippen LogP contribution is 2.19. The maximum atomic E-state index is 13.3. The van der Waals surface area contributed by atoms with Crippen molar-refractivity contribution in [1.29, 1.82) is 0 Å². The lowest BCUT2D eigenvalue weighted by Crippen LogP contribution is -2.36. The van der Waals surface area contributed by atoms with E-state index in [1.54, 1.807) is 6.92 Å². The van der Waals surface area contributed by atoms with Gasteiger partial charge in [-0.15, -0.1) is 0 Å². The topological polar surface area (TPSA) is 78.4 Å². The SMILES string of the molecule is CC(CCC(=O)O)NC(=O)Nc1cc(F)cc(F)c1F. The Kier molecular flexibility index (Phi) is 5.36. The minimum absolute atomic E-state index is 0.148. The van der Waals surface area contributed by atoms with Crippen molar-refractivity contribution in [2.24, 2.45) is 0 Å². The summed E-state index contributed by atoms with van der Waals surface area (Å²) >= 11 is 0. The van der Waals surface area contributed by atoms with Crippen LogP contribution in [0.2, 0.25) is 0 Å². The number of anilines is 1. The second kappa shape index (κ2) is 6.78. The van der Waals surface area contributed by atoms with Gasteiger partial charge in [0.1, 0.15) is 5.82 Å². The molecule has 1 unspecified atom stereocenters. The summed E-state index contributed by atoms with van der Waals surface area (Å²) in [4.78, 5) is 21.8. The van der Waals surface area contributed by atoms with E-state index >= 15 is 0 Å². The van der Waals surface area contributed by atoms with E-state index in [1.165, 1.54) is 0 Å². The van der Waals surface area contributed by atoms with Gasteiger partial charge in [0.05, 0.1) is 5.69 Å². The van der Waals surface area contributed by atoms with Crippen molar-refractivity contribution >= 4 is 17.7 Å². The molecule has 0 heterocycles. The minimum atomic E-state index is -1.42. The molecule has 0 spiro atoms. The maximum absolute atomic E-state index is 13.3. The fourth-order valence-electron chi connectivity index (χ4n) is 1.44. The molecule has 0 fully saturated rings. The molecule has 110 valence electrons.